The largest absolute Gasteiger partial charge is 0.489 e. The lowest BCUT2D eigenvalue weighted by molar-refractivity contribution is 0.0595. The first kappa shape index (κ1) is 23.9. The van der Waals surface area contributed by atoms with E-state index in [0.29, 0.717) is 18.4 Å². The smallest absolute Gasteiger partial charge is 0.340 e. The van der Waals surface area contributed by atoms with Crippen LogP contribution in [0.3, 0.4) is 0 Å². The van der Waals surface area contributed by atoms with Crippen LogP contribution in [-0.2, 0) is 11.2 Å². The molecule has 0 amide bonds. The number of benzene rings is 2. The molecule has 2 aliphatic rings. The first-order chi connectivity index (χ1) is 16.0. The minimum atomic E-state index is -0.666. The monoisotopic (exact) mass is 519 g/mol. The molecule has 1 unspecified atom stereocenters. The lowest BCUT2D eigenvalue weighted by Gasteiger charge is -2.18. The van der Waals surface area contributed by atoms with E-state index in [2.05, 4.69) is 20.8 Å². The summed E-state index contributed by atoms with van der Waals surface area (Å²) in [6.45, 7) is 2.23. The number of carbonyl (C=O) groups excluding carboxylic acids is 1. The van der Waals surface area contributed by atoms with E-state index in [1.165, 1.54) is 13.2 Å². The molecule has 2 aromatic carbocycles. The number of nitrogens with zero attached hydrogens (tertiary/aromatic N) is 1. The number of hydrogen-bond donors (Lipinski definition) is 0. The molecule has 33 heavy (non-hydrogen) atoms. The van der Waals surface area contributed by atoms with Crippen LogP contribution in [0.15, 0.2) is 40.9 Å². The Bertz CT molecular complexity index is 1040. The third kappa shape index (κ3) is 5.30. The summed E-state index contributed by atoms with van der Waals surface area (Å²) in [5.41, 5.74) is 3.19. The summed E-state index contributed by atoms with van der Waals surface area (Å²) in [6.07, 6.45) is 3.71. The molecule has 4 rings (SSSR count). The number of rotatable bonds is 7. The maximum absolute atomic E-state index is 15.2. The summed E-state index contributed by atoms with van der Waals surface area (Å²) >= 11 is 3.72. The zero-order valence-corrected chi connectivity index (χ0v) is 20.3. The van der Waals surface area contributed by atoms with Gasteiger partial charge in [-0.15, -0.1) is 0 Å². The Morgan fingerprint density at radius 2 is 1.97 bits per heavy atom. The van der Waals surface area contributed by atoms with E-state index in [0.717, 1.165) is 65.8 Å². The number of likely N-dealkylation sites (tertiary alicyclic amines) is 1. The highest BCUT2D eigenvalue weighted by Gasteiger charge is 2.26. The van der Waals surface area contributed by atoms with Crippen LogP contribution < -0.4 is 4.74 Å². The van der Waals surface area contributed by atoms with Crippen LogP contribution in [-0.4, -0.2) is 50.4 Å². The Morgan fingerprint density at radius 1 is 1.18 bits per heavy atom. The summed E-state index contributed by atoms with van der Waals surface area (Å²) in [7, 11) is 1.26. The Balaban J connectivity index is 1.55. The van der Waals surface area contributed by atoms with Gasteiger partial charge in [0.25, 0.3) is 0 Å². The van der Waals surface area contributed by atoms with Gasteiger partial charge in [-0.1, -0.05) is 34.1 Å². The zero-order chi connectivity index (χ0) is 23.4. The van der Waals surface area contributed by atoms with Gasteiger partial charge in [-0.25, -0.2) is 9.18 Å². The fraction of sp³-hybridized carbons (Fsp3) is 0.423. The zero-order valence-electron chi connectivity index (χ0n) is 18.7. The summed E-state index contributed by atoms with van der Waals surface area (Å²) in [5, 5.41) is 0. The van der Waals surface area contributed by atoms with Crippen molar-refractivity contribution in [1.29, 1.82) is 0 Å². The van der Waals surface area contributed by atoms with Crippen LogP contribution in [0.1, 0.15) is 52.7 Å². The second-order valence-electron chi connectivity index (χ2n) is 8.47. The number of esters is 1. The molecule has 0 radical (unpaired) electrons. The van der Waals surface area contributed by atoms with Crippen LogP contribution in [0.5, 0.6) is 5.75 Å². The van der Waals surface area contributed by atoms with Crippen LogP contribution >= 0.6 is 15.9 Å². The number of halogens is 3. The van der Waals surface area contributed by atoms with Gasteiger partial charge in [0.05, 0.1) is 19.3 Å². The Labute approximate surface area is 201 Å². The molecule has 1 saturated heterocycles. The van der Waals surface area contributed by atoms with E-state index in [1.54, 1.807) is 0 Å². The van der Waals surface area contributed by atoms with Gasteiger partial charge in [-0.2, -0.15) is 0 Å². The van der Waals surface area contributed by atoms with Crippen molar-refractivity contribution in [2.45, 2.75) is 38.2 Å². The van der Waals surface area contributed by atoms with Gasteiger partial charge < -0.3 is 9.47 Å². The van der Waals surface area contributed by atoms with Gasteiger partial charge in [0.1, 0.15) is 17.7 Å². The fourth-order valence-electron chi connectivity index (χ4n) is 4.64. The number of allylic oxidation sites excluding steroid dienone is 1. The van der Waals surface area contributed by atoms with Crippen molar-refractivity contribution in [3.8, 4) is 5.75 Å². The van der Waals surface area contributed by atoms with Crippen molar-refractivity contribution in [2.24, 2.45) is 0 Å². The molecule has 176 valence electrons. The molecule has 1 atom stereocenters. The van der Waals surface area contributed by atoms with Gasteiger partial charge in [0.15, 0.2) is 0 Å². The maximum Gasteiger partial charge on any atom is 0.340 e. The number of carbonyl (C=O) groups is 1. The molecule has 4 nitrogen and oxygen atoms in total. The molecule has 0 spiro atoms. The normalized spacial score (nSPS) is 18.7. The Kier molecular flexibility index (Phi) is 7.81. The van der Waals surface area contributed by atoms with Gasteiger partial charge >= 0.3 is 5.97 Å². The molecular weight excluding hydrogens is 492 g/mol. The summed E-state index contributed by atoms with van der Waals surface area (Å²) < 4.78 is 39.5. The molecule has 1 aliphatic heterocycles. The molecule has 0 N–H and O–H groups in total. The summed E-state index contributed by atoms with van der Waals surface area (Å²) in [6, 6.07) is 11.2. The predicted octanol–water partition coefficient (Wildman–Crippen LogP) is 5.92. The third-order valence-electron chi connectivity index (χ3n) is 6.30. The molecule has 1 aliphatic carbocycles. The standard InChI is InChI=1S/C26H28BrF2NO3/c1-32-26(31)22-11-10-20-21(25(22)29)4-2-5-23(27)24(20)17-6-8-18(9-7-17)33-19-12-15-30(16-19)14-3-13-28/h6-11,19H,2-5,12-16H2,1H3. The molecule has 1 fully saturated rings. The SMILES string of the molecule is COC(=O)c1ccc2c(c1F)CCCC(Br)=C2c1ccc(OC2CCN(CCCF)C2)cc1. The number of hydrogen-bond acceptors (Lipinski definition) is 4. The summed E-state index contributed by atoms with van der Waals surface area (Å²) in [4.78, 5) is 14.2. The fourth-order valence-corrected chi connectivity index (χ4v) is 5.37. The van der Waals surface area contributed by atoms with Crippen molar-refractivity contribution < 1.29 is 23.0 Å². The Hall–Kier alpha value is -2.25. The highest BCUT2D eigenvalue weighted by atomic mass is 79.9. The van der Waals surface area contributed by atoms with Gasteiger partial charge in [0.2, 0.25) is 0 Å². The highest BCUT2D eigenvalue weighted by molar-refractivity contribution is 9.11. The van der Waals surface area contributed by atoms with Crippen LogP contribution in [0.25, 0.3) is 5.57 Å². The third-order valence-corrected chi connectivity index (χ3v) is 7.09. The van der Waals surface area contributed by atoms with Crippen molar-refractivity contribution in [3.05, 3.63) is 69.0 Å². The van der Waals surface area contributed by atoms with Gasteiger partial charge in [-0.05, 0) is 72.6 Å². The first-order valence-corrected chi connectivity index (χ1v) is 12.1. The topological polar surface area (TPSA) is 38.8 Å². The average molecular weight is 520 g/mol. The molecule has 7 heteroatoms. The van der Waals surface area contributed by atoms with Crippen molar-refractivity contribution in [1.82, 2.24) is 4.90 Å². The molecule has 0 saturated carbocycles. The second kappa shape index (κ2) is 10.8. The minimum Gasteiger partial charge on any atom is -0.489 e. The van der Waals surface area contributed by atoms with Crippen molar-refractivity contribution >= 4 is 27.5 Å². The van der Waals surface area contributed by atoms with Crippen LogP contribution in [0.4, 0.5) is 8.78 Å². The number of methoxy groups -OCH3 is 1. The molecule has 2 aromatic rings. The second-order valence-corrected chi connectivity index (χ2v) is 9.43. The van der Waals surface area contributed by atoms with Gasteiger partial charge in [-0.3, -0.25) is 9.29 Å². The molecule has 0 aromatic heterocycles. The molecular formula is C26H28BrF2NO3. The van der Waals surface area contributed by atoms with Crippen molar-refractivity contribution in [2.75, 3.05) is 33.4 Å². The van der Waals surface area contributed by atoms with E-state index in [-0.39, 0.29) is 18.3 Å². The number of ether oxygens (including phenoxy) is 2. The predicted molar refractivity (Wildman–Crippen MR) is 128 cm³/mol. The molecule has 1 heterocycles. The lowest BCUT2D eigenvalue weighted by atomic mass is 9.92. The number of alkyl halides is 1. The minimum absolute atomic E-state index is 0.0329. The first-order valence-electron chi connectivity index (χ1n) is 11.4. The highest BCUT2D eigenvalue weighted by Crippen LogP contribution is 2.39. The molecule has 0 bridgehead atoms. The maximum atomic E-state index is 15.2. The quantitative estimate of drug-likeness (QED) is 0.426. The van der Waals surface area contributed by atoms with Crippen molar-refractivity contribution in [3.63, 3.8) is 0 Å². The van der Waals surface area contributed by atoms with E-state index >= 15 is 4.39 Å². The van der Waals surface area contributed by atoms with Gasteiger partial charge in [0, 0.05) is 24.1 Å². The lowest BCUT2D eigenvalue weighted by Crippen LogP contribution is -2.26. The van der Waals surface area contributed by atoms with Crippen LogP contribution in [0.2, 0.25) is 0 Å². The Morgan fingerprint density at radius 3 is 2.70 bits per heavy atom. The van der Waals surface area contributed by atoms with E-state index in [4.69, 9.17) is 9.47 Å². The van der Waals surface area contributed by atoms with Crippen LogP contribution in [0, 0.1) is 5.82 Å². The number of fused-ring (bicyclic) bond motifs is 1. The van der Waals surface area contributed by atoms with E-state index in [9.17, 15) is 9.18 Å². The van der Waals surface area contributed by atoms with E-state index in [1.807, 2.05) is 30.3 Å². The average Bonchev–Trinajstić information content (AvgIpc) is 3.19. The summed E-state index contributed by atoms with van der Waals surface area (Å²) in [5.74, 6) is -0.382. The van der Waals surface area contributed by atoms with E-state index < -0.39 is 11.8 Å².